The minimum absolute atomic E-state index is 0.116. The molecule has 222 valence electrons. The third kappa shape index (κ3) is 8.16. The minimum Gasteiger partial charge on any atom is -0.375 e. The van der Waals surface area contributed by atoms with Crippen molar-refractivity contribution in [2.24, 2.45) is 0 Å². The number of piperazine rings is 1. The molecule has 1 aliphatic heterocycles. The summed E-state index contributed by atoms with van der Waals surface area (Å²) in [6, 6.07) is 7.73. The number of rotatable bonds is 10. The van der Waals surface area contributed by atoms with Gasteiger partial charge in [0.15, 0.2) is 5.01 Å². The van der Waals surface area contributed by atoms with Crippen LogP contribution in [-0.4, -0.2) is 76.7 Å². The monoisotopic (exact) mass is 599 g/mol. The second kappa shape index (κ2) is 13.5. The Morgan fingerprint density at radius 3 is 2.59 bits per heavy atom. The average Bonchev–Trinajstić information content (AvgIpc) is 3.40. The van der Waals surface area contributed by atoms with Crippen LogP contribution in [0.2, 0.25) is 5.02 Å². The van der Waals surface area contributed by atoms with Crippen molar-refractivity contribution in [2.45, 2.75) is 66.5 Å². The topological polar surface area (TPSA) is 86.7 Å². The first kappa shape index (κ1) is 31.2. The number of aryl methyl sites for hydroxylation is 2. The minimum atomic E-state index is -0.285. The molecule has 0 radical (unpaired) electrons. The number of benzene rings is 1. The number of anilines is 4. The van der Waals surface area contributed by atoms with Crippen LogP contribution in [0.25, 0.3) is 0 Å². The van der Waals surface area contributed by atoms with Crippen LogP contribution >= 0.6 is 22.9 Å². The number of amides is 1. The summed E-state index contributed by atoms with van der Waals surface area (Å²) in [5.74, 6) is 2.15. The fourth-order valence-electron chi connectivity index (χ4n) is 4.68. The predicted molar refractivity (Wildman–Crippen MR) is 169 cm³/mol. The van der Waals surface area contributed by atoms with Crippen molar-refractivity contribution >= 4 is 51.2 Å². The third-order valence-corrected chi connectivity index (χ3v) is 8.42. The number of halogens is 1. The van der Waals surface area contributed by atoms with E-state index in [-0.39, 0.29) is 17.6 Å². The lowest BCUT2D eigenvalue weighted by Gasteiger charge is -2.36. The Morgan fingerprint density at radius 2 is 1.93 bits per heavy atom. The molecule has 1 unspecified atom stereocenters. The van der Waals surface area contributed by atoms with Crippen LogP contribution in [-0.2, 0) is 4.74 Å². The van der Waals surface area contributed by atoms with Crippen molar-refractivity contribution in [3.05, 3.63) is 51.9 Å². The molecule has 41 heavy (non-hydrogen) atoms. The van der Waals surface area contributed by atoms with E-state index in [1.807, 2.05) is 26.0 Å². The van der Waals surface area contributed by atoms with Gasteiger partial charge < -0.3 is 19.9 Å². The van der Waals surface area contributed by atoms with Crippen molar-refractivity contribution in [3.63, 3.8) is 0 Å². The van der Waals surface area contributed by atoms with Gasteiger partial charge in [0.1, 0.15) is 22.5 Å². The summed E-state index contributed by atoms with van der Waals surface area (Å²) in [5, 5.41) is 4.65. The van der Waals surface area contributed by atoms with Crippen LogP contribution in [0.4, 0.5) is 22.3 Å². The summed E-state index contributed by atoms with van der Waals surface area (Å²) in [6.45, 7) is 19.8. The molecule has 3 aromatic rings. The second-order valence-electron chi connectivity index (χ2n) is 11.4. The normalized spacial score (nSPS) is 15.2. The van der Waals surface area contributed by atoms with E-state index in [1.165, 1.54) is 11.3 Å². The summed E-state index contributed by atoms with van der Waals surface area (Å²) in [5.41, 5.74) is 1.38. The first-order valence-corrected chi connectivity index (χ1v) is 15.4. The predicted octanol–water partition coefficient (Wildman–Crippen LogP) is 6.33. The number of thiazole rings is 1. The number of nitrogens with one attached hydrogen (secondary N) is 1. The molecule has 0 saturated carbocycles. The Morgan fingerprint density at radius 1 is 1.20 bits per heavy atom. The van der Waals surface area contributed by atoms with Gasteiger partial charge in [-0.2, -0.15) is 0 Å². The van der Waals surface area contributed by atoms with Gasteiger partial charge in [-0.3, -0.25) is 9.69 Å². The van der Waals surface area contributed by atoms with Crippen molar-refractivity contribution in [1.29, 1.82) is 0 Å². The molecule has 1 atom stereocenters. The number of hydrogen-bond donors (Lipinski definition) is 1. The van der Waals surface area contributed by atoms with E-state index in [0.717, 1.165) is 68.0 Å². The molecular formula is C30H42ClN7O2S. The van der Waals surface area contributed by atoms with Crippen molar-refractivity contribution < 1.29 is 9.53 Å². The Labute approximate surface area is 252 Å². The Bertz CT molecular complexity index is 1310. The number of aromatic nitrogens is 3. The summed E-state index contributed by atoms with van der Waals surface area (Å²) in [7, 11) is 0. The first-order valence-electron chi connectivity index (χ1n) is 14.2. The number of ether oxygens (including phenoxy) is 1. The maximum atomic E-state index is 13.1. The molecule has 9 nitrogen and oxygen atoms in total. The zero-order chi connectivity index (χ0) is 29.7. The van der Waals surface area contributed by atoms with Crippen LogP contribution in [0.3, 0.4) is 0 Å². The van der Waals surface area contributed by atoms with Gasteiger partial charge in [0.05, 0.1) is 29.1 Å². The molecule has 1 aromatic carbocycles. The molecule has 3 heterocycles. The number of para-hydroxylation sites is 1. The van der Waals surface area contributed by atoms with Crippen molar-refractivity contribution in [2.75, 3.05) is 54.4 Å². The van der Waals surface area contributed by atoms with Gasteiger partial charge in [-0.05, 0) is 59.6 Å². The van der Waals surface area contributed by atoms with E-state index < -0.39 is 0 Å². The van der Waals surface area contributed by atoms with E-state index in [9.17, 15) is 4.79 Å². The van der Waals surface area contributed by atoms with Crippen LogP contribution in [0.1, 0.15) is 62.2 Å². The Kier molecular flexibility index (Phi) is 10.2. The molecule has 0 bridgehead atoms. The fourth-order valence-corrected chi connectivity index (χ4v) is 5.87. The number of nitrogens with zero attached hydrogens (tertiary/aromatic N) is 6. The molecule has 1 N–H and O–H groups in total. The summed E-state index contributed by atoms with van der Waals surface area (Å²) >= 11 is 7.67. The van der Waals surface area contributed by atoms with Crippen molar-refractivity contribution in [3.8, 4) is 0 Å². The average molecular weight is 600 g/mol. The summed E-state index contributed by atoms with van der Waals surface area (Å²) in [4.78, 5) is 34.1. The maximum absolute atomic E-state index is 13.1. The lowest BCUT2D eigenvalue weighted by atomic mass is 10.2. The Hall–Kier alpha value is -2.79. The van der Waals surface area contributed by atoms with Crippen LogP contribution in [0.15, 0.2) is 30.5 Å². The highest BCUT2D eigenvalue weighted by atomic mass is 35.5. The first-order chi connectivity index (χ1) is 19.4. The molecule has 1 fully saturated rings. The molecule has 2 aromatic heterocycles. The number of carbonyl (C=O) groups is 1. The largest absolute Gasteiger partial charge is 0.375 e. The molecule has 11 heteroatoms. The van der Waals surface area contributed by atoms with E-state index in [0.29, 0.717) is 21.5 Å². The lowest BCUT2D eigenvalue weighted by molar-refractivity contribution is -0.0135. The van der Waals surface area contributed by atoms with E-state index in [2.05, 4.69) is 65.7 Å². The highest BCUT2D eigenvalue weighted by molar-refractivity contribution is 7.17. The molecule has 0 spiro atoms. The molecule has 4 rings (SSSR count). The van der Waals surface area contributed by atoms with Gasteiger partial charge in [-0.1, -0.05) is 42.0 Å². The third-order valence-electron chi connectivity index (χ3n) is 7.11. The molecule has 0 aliphatic carbocycles. The van der Waals surface area contributed by atoms with Crippen LogP contribution < -0.4 is 15.1 Å². The van der Waals surface area contributed by atoms with Gasteiger partial charge in [0, 0.05) is 44.8 Å². The molecule has 1 aliphatic rings. The highest BCUT2D eigenvalue weighted by Crippen LogP contribution is 2.35. The number of hydrogen-bond acceptors (Lipinski definition) is 9. The molecule has 1 amide bonds. The standard InChI is InChI=1S/C30H42ClN7O2S/c1-8-21(3)38(26-19-32-29(41-26)28(39)35-27-20(2)10-9-11-23(27)31)25-18-24(33-22(4)34-25)37-14-12-36(13-15-37)16-17-40-30(5,6)7/h9-11,18-19,21H,8,12-17H2,1-7H3,(H,35,39). The molecular weight excluding hydrogens is 558 g/mol. The van der Waals surface area contributed by atoms with Crippen LogP contribution in [0.5, 0.6) is 0 Å². The quantitative estimate of drug-likeness (QED) is 0.289. The number of carbonyl (C=O) groups excluding carboxylic acids is 1. The van der Waals surface area contributed by atoms with E-state index >= 15 is 0 Å². The SMILES string of the molecule is CCC(C)N(c1cc(N2CCN(CCOC(C)(C)C)CC2)nc(C)n1)c1cnc(C(=O)Nc2c(C)cccc2Cl)s1. The van der Waals surface area contributed by atoms with Gasteiger partial charge in [-0.25, -0.2) is 15.0 Å². The Balaban J connectivity index is 1.50. The zero-order valence-electron chi connectivity index (χ0n) is 25.2. The van der Waals surface area contributed by atoms with E-state index in [1.54, 1.807) is 12.3 Å². The van der Waals surface area contributed by atoms with E-state index in [4.69, 9.17) is 26.3 Å². The van der Waals surface area contributed by atoms with Crippen LogP contribution in [0, 0.1) is 13.8 Å². The van der Waals surface area contributed by atoms with Gasteiger partial charge >= 0.3 is 0 Å². The lowest BCUT2D eigenvalue weighted by Crippen LogP contribution is -2.48. The van der Waals surface area contributed by atoms with Gasteiger partial charge in [-0.15, -0.1) is 0 Å². The smallest absolute Gasteiger partial charge is 0.284 e. The summed E-state index contributed by atoms with van der Waals surface area (Å²) in [6.07, 6.45) is 2.65. The maximum Gasteiger partial charge on any atom is 0.284 e. The second-order valence-corrected chi connectivity index (χ2v) is 12.9. The highest BCUT2D eigenvalue weighted by Gasteiger charge is 2.25. The van der Waals surface area contributed by atoms with Gasteiger partial charge in [0.2, 0.25) is 0 Å². The summed E-state index contributed by atoms with van der Waals surface area (Å²) < 4.78 is 5.92. The zero-order valence-corrected chi connectivity index (χ0v) is 26.8. The van der Waals surface area contributed by atoms with Crippen molar-refractivity contribution in [1.82, 2.24) is 19.9 Å². The van der Waals surface area contributed by atoms with Gasteiger partial charge in [0.25, 0.3) is 5.91 Å². The molecule has 1 saturated heterocycles. The fraction of sp³-hybridized carbons (Fsp3) is 0.533.